The van der Waals surface area contributed by atoms with E-state index in [4.69, 9.17) is 9.84 Å². The monoisotopic (exact) mass is 274 g/mol. The Balaban J connectivity index is 2.61. The zero-order chi connectivity index (χ0) is 14.4. The second kappa shape index (κ2) is 7.30. The van der Waals surface area contributed by atoms with Crippen molar-refractivity contribution in [3.05, 3.63) is 0 Å². The van der Waals surface area contributed by atoms with Crippen LogP contribution in [-0.2, 0) is 9.53 Å². The van der Waals surface area contributed by atoms with E-state index in [-0.39, 0.29) is 25.0 Å². The van der Waals surface area contributed by atoms with Crippen molar-refractivity contribution in [2.75, 3.05) is 39.9 Å². The number of aliphatic carboxylic acids is 1. The van der Waals surface area contributed by atoms with Gasteiger partial charge in [0.05, 0.1) is 12.7 Å². The maximum Gasteiger partial charge on any atom is 0.323 e. The molecule has 2 N–H and O–H groups in total. The number of piperidine rings is 1. The Labute approximate surface area is 112 Å². The van der Waals surface area contributed by atoms with Crippen LogP contribution in [0.15, 0.2) is 0 Å². The number of amides is 2. The summed E-state index contributed by atoms with van der Waals surface area (Å²) in [6.07, 6.45) is 0.133. The predicted octanol–water partition coefficient (Wildman–Crippen LogP) is -0.158. The highest BCUT2D eigenvalue weighted by atomic mass is 16.5. The molecule has 1 aliphatic heterocycles. The number of urea groups is 1. The van der Waals surface area contributed by atoms with E-state index in [0.29, 0.717) is 26.1 Å². The predicted molar refractivity (Wildman–Crippen MR) is 67.8 cm³/mol. The molecule has 0 aromatic carbocycles. The first-order valence-electron chi connectivity index (χ1n) is 6.38. The lowest BCUT2D eigenvalue weighted by Gasteiger charge is -2.37. The summed E-state index contributed by atoms with van der Waals surface area (Å²) in [6, 6.07) is -0.307. The fourth-order valence-electron chi connectivity index (χ4n) is 2.11. The summed E-state index contributed by atoms with van der Waals surface area (Å²) in [4.78, 5) is 25.9. The van der Waals surface area contributed by atoms with E-state index in [1.54, 1.807) is 4.90 Å². The smallest absolute Gasteiger partial charge is 0.323 e. The topological polar surface area (TPSA) is 90.3 Å². The standard InChI is InChI=1S/C12H22N2O5/c1-9-7-13(4-3-10(9)15)12(18)14(5-6-19-2)8-11(16)17/h9-10,15H,3-8H2,1-2H3,(H,16,17). The highest BCUT2D eigenvalue weighted by molar-refractivity contribution is 5.80. The Morgan fingerprint density at radius 3 is 2.68 bits per heavy atom. The molecule has 0 aromatic rings. The van der Waals surface area contributed by atoms with E-state index in [9.17, 15) is 14.7 Å². The number of ether oxygens (including phenoxy) is 1. The first-order valence-corrected chi connectivity index (χ1v) is 6.38. The van der Waals surface area contributed by atoms with Gasteiger partial charge in [0.2, 0.25) is 0 Å². The van der Waals surface area contributed by atoms with Crippen molar-refractivity contribution in [2.45, 2.75) is 19.4 Å². The van der Waals surface area contributed by atoms with E-state index in [1.165, 1.54) is 12.0 Å². The Morgan fingerprint density at radius 1 is 1.47 bits per heavy atom. The molecule has 0 spiro atoms. The second-order valence-electron chi connectivity index (χ2n) is 4.87. The number of carboxylic acids is 1. The number of carboxylic acid groups (broad SMARTS) is 1. The minimum atomic E-state index is -1.05. The van der Waals surface area contributed by atoms with E-state index < -0.39 is 12.1 Å². The van der Waals surface area contributed by atoms with Crippen LogP contribution < -0.4 is 0 Å². The van der Waals surface area contributed by atoms with Gasteiger partial charge in [0.15, 0.2) is 0 Å². The van der Waals surface area contributed by atoms with Crippen molar-refractivity contribution in [2.24, 2.45) is 5.92 Å². The number of nitrogens with zero attached hydrogens (tertiary/aromatic N) is 2. The lowest BCUT2D eigenvalue weighted by atomic mass is 9.97. The molecule has 0 bridgehead atoms. The molecular formula is C12H22N2O5. The molecular weight excluding hydrogens is 252 g/mol. The molecule has 2 unspecified atom stereocenters. The van der Waals surface area contributed by atoms with Crippen molar-refractivity contribution in [1.29, 1.82) is 0 Å². The van der Waals surface area contributed by atoms with Crippen LogP contribution in [0.1, 0.15) is 13.3 Å². The van der Waals surface area contributed by atoms with Gasteiger partial charge in [0.25, 0.3) is 0 Å². The van der Waals surface area contributed by atoms with Crippen LogP contribution in [0.5, 0.6) is 0 Å². The molecule has 1 heterocycles. The number of carbonyl (C=O) groups excluding carboxylic acids is 1. The molecule has 0 saturated carbocycles. The summed E-state index contributed by atoms with van der Waals surface area (Å²) in [6.45, 7) is 2.98. The van der Waals surface area contributed by atoms with Gasteiger partial charge in [-0.15, -0.1) is 0 Å². The molecule has 1 fully saturated rings. The first kappa shape index (κ1) is 15.7. The minimum Gasteiger partial charge on any atom is -0.480 e. The van der Waals surface area contributed by atoms with Gasteiger partial charge in [0, 0.05) is 26.7 Å². The molecule has 1 saturated heterocycles. The quantitative estimate of drug-likeness (QED) is 0.727. The number of carbonyl (C=O) groups is 2. The lowest BCUT2D eigenvalue weighted by molar-refractivity contribution is -0.137. The maximum absolute atomic E-state index is 12.2. The number of aliphatic hydroxyl groups is 1. The molecule has 0 aromatic heterocycles. The van der Waals surface area contributed by atoms with Gasteiger partial charge < -0.3 is 24.7 Å². The van der Waals surface area contributed by atoms with Crippen LogP contribution in [0, 0.1) is 5.92 Å². The third-order valence-electron chi connectivity index (χ3n) is 3.29. The summed E-state index contributed by atoms with van der Waals surface area (Å²) in [5.74, 6) is -1.04. The van der Waals surface area contributed by atoms with Gasteiger partial charge in [-0.2, -0.15) is 0 Å². The fourth-order valence-corrected chi connectivity index (χ4v) is 2.11. The molecule has 1 rings (SSSR count). The van der Waals surface area contributed by atoms with Crippen LogP contribution in [0.2, 0.25) is 0 Å². The van der Waals surface area contributed by atoms with Gasteiger partial charge in [-0.1, -0.05) is 6.92 Å². The van der Waals surface area contributed by atoms with Crippen molar-refractivity contribution in [3.8, 4) is 0 Å². The number of likely N-dealkylation sites (tertiary alicyclic amines) is 1. The zero-order valence-electron chi connectivity index (χ0n) is 11.4. The van der Waals surface area contributed by atoms with Gasteiger partial charge >= 0.3 is 12.0 Å². The van der Waals surface area contributed by atoms with Gasteiger partial charge in [-0.3, -0.25) is 4.79 Å². The Morgan fingerprint density at radius 2 is 2.16 bits per heavy atom. The highest BCUT2D eigenvalue weighted by Crippen LogP contribution is 2.17. The summed E-state index contributed by atoms with van der Waals surface area (Å²) < 4.78 is 4.88. The maximum atomic E-state index is 12.2. The van der Waals surface area contributed by atoms with E-state index in [0.717, 1.165) is 0 Å². The number of rotatable bonds is 5. The molecule has 0 aliphatic carbocycles. The molecule has 2 amide bonds. The molecule has 1 aliphatic rings. The molecule has 0 radical (unpaired) electrons. The Kier molecular flexibility index (Phi) is 6.04. The fraction of sp³-hybridized carbons (Fsp3) is 0.833. The normalized spacial score (nSPS) is 23.2. The lowest BCUT2D eigenvalue weighted by Crippen LogP contribution is -2.52. The van der Waals surface area contributed by atoms with Gasteiger partial charge in [-0.25, -0.2) is 4.79 Å². The number of methoxy groups -OCH3 is 1. The minimum absolute atomic E-state index is 0.00630. The van der Waals surface area contributed by atoms with Crippen LogP contribution in [-0.4, -0.2) is 78.0 Å². The Bertz CT molecular complexity index is 323. The summed E-state index contributed by atoms with van der Waals surface area (Å²) >= 11 is 0. The van der Waals surface area contributed by atoms with E-state index >= 15 is 0 Å². The molecule has 110 valence electrons. The largest absolute Gasteiger partial charge is 0.480 e. The van der Waals surface area contributed by atoms with Crippen molar-refractivity contribution < 1.29 is 24.5 Å². The Hall–Kier alpha value is -1.34. The number of hydrogen-bond donors (Lipinski definition) is 2. The molecule has 19 heavy (non-hydrogen) atoms. The van der Waals surface area contributed by atoms with E-state index in [2.05, 4.69) is 0 Å². The van der Waals surface area contributed by atoms with E-state index in [1.807, 2.05) is 6.92 Å². The highest BCUT2D eigenvalue weighted by Gasteiger charge is 2.30. The molecule has 7 heteroatoms. The van der Waals surface area contributed by atoms with Crippen molar-refractivity contribution in [1.82, 2.24) is 9.80 Å². The average molecular weight is 274 g/mol. The SMILES string of the molecule is COCCN(CC(=O)O)C(=O)N1CCC(O)C(C)C1. The number of aliphatic hydroxyl groups excluding tert-OH is 1. The summed E-state index contributed by atoms with van der Waals surface area (Å²) in [7, 11) is 1.50. The third kappa shape index (κ3) is 4.68. The second-order valence-corrected chi connectivity index (χ2v) is 4.87. The average Bonchev–Trinajstić information content (AvgIpc) is 2.36. The van der Waals surface area contributed by atoms with Gasteiger partial charge in [0.1, 0.15) is 6.54 Å². The summed E-state index contributed by atoms with van der Waals surface area (Å²) in [5, 5.41) is 18.5. The van der Waals surface area contributed by atoms with Gasteiger partial charge in [-0.05, 0) is 12.3 Å². The zero-order valence-corrected chi connectivity index (χ0v) is 11.4. The van der Waals surface area contributed by atoms with Crippen LogP contribution in [0.25, 0.3) is 0 Å². The first-order chi connectivity index (χ1) is 8.95. The number of hydrogen-bond acceptors (Lipinski definition) is 4. The van der Waals surface area contributed by atoms with Crippen LogP contribution >= 0.6 is 0 Å². The van der Waals surface area contributed by atoms with Crippen LogP contribution in [0.3, 0.4) is 0 Å². The molecule has 2 atom stereocenters. The molecule has 7 nitrogen and oxygen atoms in total. The third-order valence-corrected chi connectivity index (χ3v) is 3.29. The van der Waals surface area contributed by atoms with Crippen molar-refractivity contribution >= 4 is 12.0 Å². The summed E-state index contributed by atoms with van der Waals surface area (Å²) in [5.41, 5.74) is 0. The van der Waals surface area contributed by atoms with Crippen molar-refractivity contribution in [3.63, 3.8) is 0 Å². The van der Waals surface area contributed by atoms with Crippen LogP contribution in [0.4, 0.5) is 4.79 Å².